The minimum Gasteiger partial charge on any atom is -0.462 e. The van der Waals surface area contributed by atoms with Crippen LogP contribution in [0.4, 0.5) is 10.7 Å². The second kappa shape index (κ2) is 8.14. The monoisotopic (exact) mass is 484 g/mol. The maximum Gasteiger partial charge on any atom is 0.341 e. The predicted molar refractivity (Wildman–Crippen MR) is 129 cm³/mol. The Morgan fingerprint density at radius 2 is 1.97 bits per heavy atom. The number of fused-ring (bicyclic) bond motifs is 1. The van der Waals surface area contributed by atoms with Gasteiger partial charge >= 0.3 is 5.97 Å². The van der Waals surface area contributed by atoms with Crippen LogP contribution >= 0.6 is 11.3 Å². The van der Waals surface area contributed by atoms with Gasteiger partial charge in [-0.1, -0.05) is 31.2 Å². The van der Waals surface area contributed by atoms with E-state index in [4.69, 9.17) is 4.74 Å². The summed E-state index contributed by atoms with van der Waals surface area (Å²) in [5.41, 5.74) is 1.84. The Morgan fingerprint density at radius 1 is 1.21 bits per heavy atom. The molecule has 5 rings (SSSR count). The molecule has 2 aliphatic rings. The Bertz CT molecular complexity index is 1390. The summed E-state index contributed by atoms with van der Waals surface area (Å²) >= 11 is 1.39. The van der Waals surface area contributed by atoms with E-state index in [0.717, 1.165) is 39.4 Å². The molecule has 1 N–H and O–H groups in total. The first kappa shape index (κ1) is 21.9. The second-order valence-corrected chi connectivity index (χ2v) is 11.4. The van der Waals surface area contributed by atoms with Crippen molar-refractivity contribution in [2.24, 2.45) is 5.92 Å². The Kier molecular flexibility index (Phi) is 5.41. The molecular weight excluding hydrogens is 460 g/mol. The molecule has 1 unspecified atom stereocenters. The van der Waals surface area contributed by atoms with E-state index >= 15 is 0 Å². The third-order valence-corrected chi connectivity index (χ3v) is 9.18. The number of benzene rings is 2. The van der Waals surface area contributed by atoms with Crippen molar-refractivity contribution in [1.82, 2.24) is 0 Å². The van der Waals surface area contributed by atoms with E-state index in [2.05, 4.69) is 12.2 Å². The SMILES string of the molecule is CCOC(=O)c1c(NC(=O)CN2c3cccc4cccc(c34)S2(=O)=O)sc2c1CCC(C)C2. The Balaban J connectivity index is 1.46. The number of hydrogen-bond donors (Lipinski definition) is 1. The molecule has 2 heterocycles. The van der Waals surface area contributed by atoms with E-state index in [1.807, 2.05) is 12.1 Å². The first-order valence-corrected chi connectivity index (χ1v) is 13.2. The van der Waals surface area contributed by atoms with E-state index in [1.54, 1.807) is 31.2 Å². The van der Waals surface area contributed by atoms with Gasteiger partial charge in [0.05, 0.1) is 22.8 Å². The van der Waals surface area contributed by atoms with Gasteiger partial charge in [-0.3, -0.25) is 9.10 Å². The summed E-state index contributed by atoms with van der Waals surface area (Å²) in [5.74, 6) is -0.449. The lowest BCUT2D eigenvalue weighted by atomic mass is 9.88. The maximum absolute atomic E-state index is 13.2. The lowest BCUT2D eigenvalue weighted by Gasteiger charge is -2.19. The number of rotatable bonds is 5. The van der Waals surface area contributed by atoms with Crippen LogP contribution in [0.25, 0.3) is 10.8 Å². The molecule has 9 heteroatoms. The number of carbonyl (C=O) groups excluding carboxylic acids is 2. The summed E-state index contributed by atoms with van der Waals surface area (Å²) in [4.78, 5) is 27.1. The highest BCUT2D eigenvalue weighted by atomic mass is 32.2. The largest absolute Gasteiger partial charge is 0.462 e. The maximum atomic E-state index is 13.2. The van der Waals surface area contributed by atoms with Crippen LogP contribution in [0.3, 0.4) is 0 Å². The first-order chi connectivity index (χ1) is 15.8. The number of nitrogens with one attached hydrogen (secondary N) is 1. The van der Waals surface area contributed by atoms with Crippen LogP contribution in [-0.4, -0.2) is 33.4 Å². The molecular formula is C24H24N2O5S2. The zero-order valence-corrected chi connectivity index (χ0v) is 20.0. The summed E-state index contributed by atoms with van der Waals surface area (Å²) < 4.78 is 32.8. The molecule has 0 bridgehead atoms. The fourth-order valence-corrected chi connectivity index (χ4v) is 7.76. The molecule has 0 saturated heterocycles. The third kappa shape index (κ3) is 3.59. The number of nitrogens with zero attached hydrogens (tertiary/aromatic N) is 1. The van der Waals surface area contributed by atoms with Gasteiger partial charge in [0, 0.05) is 10.3 Å². The fourth-order valence-electron chi connectivity index (χ4n) is 4.68. The van der Waals surface area contributed by atoms with Crippen LogP contribution in [0, 0.1) is 5.92 Å². The molecule has 1 aromatic heterocycles. The molecule has 3 aromatic rings. The quantitative estimate of drug-likeness (QED) is 0.544. The van der Waals surface area contributed by atoms with Crippen molar-refractivity contribution in [2.75, 3.05) is 22.8 Å². The molecule has 0 saturated carbocycles. The number of ether oxygens (including phenoxy) is 1. The van der Waals surface area contributed by atoms with Gasteiger partial charge in [0.15, 0.2) is 0 Å². The predicted octanol–water partition coefficient (Wildman–Crippen LogP) is 4.35. The van der Waals surface area contributed by atoms with Crippen molar-refractivity contribution in [3.05, 3.63) is 52.4 Å². The molecule has 2 aromatic carbocycles. The van der Waals surface area contributed by atoms with Crippen molar-refractivity contribution >= 4 is 54.7 Å². The van der Waals surface area contributed by atoms with Crippen LogP contribution in [0.5, 0.6) is 0 Å². The number of carbonyl (C=O) groups is 2. The second-order valence-electron chi connectivity index (χ2n) is 8.47. The van der Waals surface area contributed by atoms with Gasteiger partial charge < -0.3 is 10.1 Å². The van der Waals surface area contributed by atoms with Crippen molar-refractivity contribution in [3.63, 3.8) is 0 Å². The molecule has 0 fully saturated rings. The van der Waals surface area contributed by atoms with Gasteiger partial charge in [-0.2, -0.15) is 0 Å². The number of thiophene rings is 1. The van der Waals surface area contributed by atoms with E-state index in [9.17, 15) is 18.0 Å². The first-order valence-electron chi connectivity index (χ1n) is 11.0. The lowest BCUT2D eigenvalue weighted by molar-refractivity contribution is -0.114. The molecule has 7 nitrogen and oxygen atoms in total. The zero-order valence-electron chi connectivity index (χ0n) is 18.4. The summed E-state index contributed by atoms with van der Waals surface area (Å²) in [7, 11) is -3.85. The smallest absolute Gasteiger partial charge is 0.341 e. The van der Waals surface area contributed by atoms with Gasteiger partial charge in [-0.05, 0) is 55.2 Å². The third-order valence-electron chi connectivity index (χ3n) is 6.21. The van der Waals surface area contributed by atoms with E-state index in [1.165, 1.54) is 11.3 Å². The molecule has 0 spiro atoms. The average Bonchev–Trinajstić information content (AvgIpc) is 3.22. The highest BCUT2D eigenvalue weighted by molar-refractivity contribution is 7.93. The van der Waals surface area contributed by atoms with E-state index < -0.39 is 21.9 Å². The van der Waals surface area contributed by atoms with Crippen molar-refractivity contribution in [3.8, 4) is 0 Å². The number of amides is 1. The standard InChI is InChI=1S/C24H24N2O5S2/c1-3-31-24(28)22-16-11-10-14(2)12-18(16)32-23(22)25-20(27)13-26-17-8-4-6-15-7-5-9-19(21(15)17)33(26,29)30/h4-9,14H,3,10-13H2,1-2H3,(H,25,27). The molecule has 1 amide bonds. The Labute approximate surface area is 196 Å². The summed E-state index contributed by atoms with van der Waals surface area (Å²) in [6, 6.07) is 10.5. The summed E-state index contributed by atoms with van der Waals surface area (Å²) in [5, 5.41) is 4.69. The molecule has 33 heavy (non-hydrogen) atoms. The molecule has 172 valence electrons. The Hall–Kier alpha value is -2.91. The minimum absolute atomic E-state index is 0.205. The summed E-state index contributed by atoms with van der Waals surface area (Å²) in [6.45, 7) is 3.77. The topological polar surface area (TPSA) is 92.8 Å². The number of sulfonamides is 1. The number of hydrogen-bond acceptors (Lipinski definition) is 6. The number of esters is 1. The summed E-state index contributed by atoms with van der Waals surface area (Å²) in [6.07, 6.45) is 2.58. The highest BCUT2D eigenvalue weighted by Crippen LogP contribution is 2.43. The van der Waals surface area contributed by atoms with Gasteiger partial charge in [0.2, 0.25) is 5.91 Å². The fraction of sp³-hybridized carbons (Fsp3) is 0.333. The van der Waals surface area contributed by atoms with Crippen LogP contribution in [0.15, 0.2) is 41.3 Å². The van der Waals surface area contributed by atoms with Crippen LogP contribution in [0.1, 0.15) is 41.1 Å². The zero-order chi connectivity index (χ0) is 23.3. The molecule has 0 radical (unpaired) electrons. The van der Waals surface area contributed by atoms with Crippen LogP contribution < -0.4 is 9.62 Å². The molecule has 1 atom stereocenters. The molecule has 1 aliphatic heterocycles. The highest BCUT2D eigenvalue weighted by Gasteiger charge is 2.37. The van der Waals surface area contributed by atoms with Crippen LogP contribution in [-0.2, 0) is 32.4 Å². The Morgan fingerprint density at radius 3 is 2.73 bits per heavy atom. The van der Waals surface area contributed by atoms with Crippen molar-refractivity contribution in [2.45, 2.75) is 38.0 Å². The van der Waals surface area contributed by atoms with E-state index in [-0.39, 0.29) is 18.0 Å². The van der Waals surface area contributed by atoms with Gasteiger partial charge in [0.25, 0.3) is 10.0 Å². The average molecular weight is 485 g/mol. The van der Waals surface area contributed by atoms with Gasteiger partial charge in [-0.15, -0.1) is 11.3 Å². The van der Waals surface area contributed by atoms with Gasteiger partial charge in [-0.25, -0.2) is 13.2 Å². The normalized spacial score (nSPS) is 18.2. The van der Waals surface area contributed by atoms with Crippen LogP contribution in [0.2, 0.25) is 0 Å². The lowest BCUT2D eigenvalue weighted by Crippen LogP contribution is -2.35. The molecule has 1 aliphatic carbocycles. The van der Waals surface area contributed by atoms with Crippen molar-refractivity contribution in [1.29, 1.82) is 0 Å². The minimum atomic E-state index is -3.85. The number of anilines is 2. The van der Waals surface area contributed by atoms with E-state index in [0.29, 0.717) is 27.6 Å². The van der Waals surface area contributed by atoms with Gasteiger partial charge in [0.1, 0.15) is 11.5 Å². The van der Waals surface area contributed by atoms with Crippen molar-refractivity contribution < 1.29 is 22.7 Å².